The predicted octanol–water partition coefficient (Wildman–Crippen LogP) is 3.36. The fourth-order valence-corrected chi connectivity index (χ4v) is 5.26. The maximum absolute atomic E-state index is 13.2. The summed E-state index contributed by atoms with van der Waals surface area (Å²) in [5.74, 6) is -0.456. The van der Waals surface area contributed by atoms with Crippen molar-refractivity contribution in [1.29, 1.82) is 0 Å². The Kier molecular flexibility index (Phi) is 8.64. The zero-order valence-electron chi connectivity index (χ0n) is 18.2. The summed E-state index contributed by atoms with van der Waals surface area (Å²) in [5.41, 5.74) is 0.811. The van der Waals surface area contributed by atoms with Crippen LogP contribution in [0, 0.1) is 5.92 Å². The lowest BCUT2D eigenvalue weighted by atomic mass is 9.97. The minimum atomic E-state index is -0.752. The van der Waals surface area contributed by atoms with Crippen molar-refractivity contribution in [3.8, 4) is 0 Å². The molecule has 1 saturated carbocycles. The van der Waals surface area contributed by atoms with Crippen LogP contribution in [0.25, 0.3) is 10.2 Å². The monoisotopic (exact) mass is 476 g/mol. The van der Waals surface area contributed by atoms with E-state index in [-0.39, 0.29) is 42.5 Å². The van der Waals surface area contributed by atoms with Crippen LogP contribution < -0.4 is 16.0 Å². The molecule has 1 aliphatic carbocycles. The van der Waals surface area contributed by atoms with Crippen LogP contribution in [0.5, 0.6) is 0 Å². The Labute approximate surface area is 197 Å². The molecule has 172 valence electrons. The minimum Gasteiger partial charge on any atom is -0.351 e. The topological polar surface area (TPSA) is 100 Å². The number of aromatic nitrogens is 1. The van der Waals surface area contributed by atoms with Gasteiger partial charge in [0.15, 0.2) is 0 Å². The van der Waals surface area contributed by atoms with Gasteiger partial charge in [0.2, 0.25) is 17.7 Å². The second-order valence-electron chi connectivity index (χ2n) is 8.01. The second-order valence-corrected chi connectivity index (χ2v) is 9.56. The van der Waals surface area contributed by atoms with E-state index in [1.54, 1.807) is 13.0 Å². The van der Waals surface area contributed by atoms with Crippen LogP contribution in [-0.2, 0) is 20.8 Å². The first-order valence-electron chi connectivity index (χ1n) is 10.9. The molecule has 0 saturated heterocycles. The highest BCUT2D eigenvalue weighted by Gasteiger charge is 2.30. The molecule has 9 heteroatoms. The average molecular weight is 477 g/mol. The van der Waals surface area contributed by atoms with E-state index >= 15 is 0 Å². The number of amides is 3. The summed E-state index contributed by atoms with van der Waals surface area (Å²) >= 11 is 7.53. The summed E-state index contributed by atoms with van der Waals surface area (Å²) < 4.78 is 0.935. The van der Waals surface area contributed by atoms with Gasteiger partial charge >= 0.3 is 0 Å². The second kappa shape index (κ2) is 11.4. The van der Waals surface area contributed by atoms with Gasteiger partial charge in [0.25, 0.3) is 0 Å². The van der Waals surface area contributed by atoms with Crippen molar-refractivity contribution < 1.29 is 14.4 Å². The number of nitrogens with zero attached hydrogens (tertiary/aromatic N) is 1. The zero-order valence-corrected chi connectivity index (χ0v) is 19.7. The lowest BCUT2D eigenvalue weighted by Gasteiger charge is -2.27. The molecule has 1 fully saturated rings. The van der Waals surface area contributed by atoms with Crippen LogP contribution in [-0.4, -0.2) is 41.3 Å². The van der Waals surface area contributed by atoms with Crippen molar-refractivity contribution >= 4 is 50.9 Å². The molecule has 1 aromatic carbocycles. The molecular weight excluding hydrogens is 448 g/mol. The molecule has 2 atom stereocenters. The summed E-state index contributed by atoms with van der Waals surface area (Å²) in [6.45, 7) is 5.55. The third-order valence-corrected chi connectivity index (χ3v) is 7.00. The van der Waals surface area contributed by atoms with Crippen LogP contribution >= 0.6 is 22.9 Å². The first-order chi connectivity index (χ1) is 15.4. The number of carbonyl (C=O) groups excluding carboxylic acids is 3. The molecule has 7 nitrogen and oxygen atoms in total. The average Bonchev–Trinajstić information content (AvgIpc) is 3.45. The third-order valence-electron chi connectivity index (χ3n) is 5.72. The molecule has 0 radical (unpaired) electrons. The van der Waals surface area contributed by atoms with E-state index in [0.29, 0.717) is 11.6 Å². The van der Waals surface area contributed by atoms with Gasteiger partial charge in [-0.15, -0.1) is 11.3 Å². The van der Waals surface area contributed by atoms with Crippen molar-refractivity contribution in [2.45, 2.75) is 57.5 Å². The molecule has 2 aromatic rings. The zero-order chi connectivity index (χ0) is 23.1. The van der Waals surface area contributed by atoms with E-state index in [0.717, 1.165) is 40.9 Å². The van der Waals surface area contributed by atoms with Crippen LogP contribution in [0.3, 0.4) is 0 Å². The first kappa shape index (κ1) is 24.2. The van der Waals surface area contributed by atoms with E-state index in [1.165, 1.54) is 17.4 Å². The summed E-state index contributed by atoms with van der Waals surface area (Å²) in [5, 5.41) is 10.1. The highest BCUT2D eigenvalue weighted by Crippen LogP contribution is 2.28. The Morgan fingerprint density at radius 3 is 2.72 bits per heavy atom. The molecule has 0 bridgehead atoms. The summed E-state index contributed by atoms with van der Waals surface area (Å²) in [6, 6.07) is 4.51. The Hall–Kier alpha value is -2.45. The lowest BCUT2D eigenvalue weighted by molar-refractivity contribution is -0.129. The van der Waals surface area contributed by atoms with Crippen LogP contribution in [0.4, 0.5) is 0 Å². The van der Waals surface area contributed by atoms with E-state index in [4.69, 9.17) is 11.6 Å². The van der Waals surface area contributed by atoms with Crippen molar-refractivity contribution in [3.63, 3.8) is 0 Å². The van der Waals surface area contributed by atoms with Gasteiger partial charge in [0.05, 0.1) is 15.2 Å². The van der Waals surface area contributed by atoms with E-state index in [1.807, 2.05) is 12.1 Å². The maximum atomic E-state index is 13.2. The number of thiazole rings is 1. The van der Waals surface area contributed by atoms with Crippen molar-refractivity contribution in [3.05, 3.63) is 40.9 Å². The first-order valence-corrected chi connectivity index (χ1v) is 12.1. The molecule has 1 aromatic heterocycles. The molecule has 32 heavy (non-hydrogen) atoms. The summed E-state index contributed by atoms with van der Waals surface area (Å²) in [6.07, 6.45) is 6.00. The normalized spacial score (nSPS) is 15.8. The smallest absolute Gasteiger partial charge is 0.243 e. The van der Waals surface area contributed by atoms with Crippen LogP contribution in [0.15, 0.2) is 30.9 Å². The number of rotatable bonds is 10. The van der Waals surface area contributed by atoms with E-state index < -0.39 is 6.04 Å². The molecule has 0 unspecified atom stereocenters. The van der Waals surface area contributed by atoms with Gasteiger partial charge in [-0.1, -0.05) is 37.9 Å². The number of hydrogen-bond donors (Lipinski definition) is 3. The molecular formula is C23H29ClN4O3S. The lowest BCUT2D eigenvalue weighted by Crippen LogP contribution is -2.54. The van der Waals surface area contributed by atoms with Gasteiger partial charge in [0, 0.05) is 30.5 Å². The third kappa shape index (κ3) is 6.53. The van der Waals surface area contributed by atoms with Gasteiger partial charge in [-0.2, -0.15) is 0 Å². The molecule has 1 aliphatic rings. The predicted molar refractivity (Wildman–Crippen MR) is 128 cm³/mol. The number of nitrogens with one attached hydrogen (secondary N) is 3. The van der Waals surface area contributed by atoms with E-state index in [2.05, 4.69) is 27.5 Å². The highest BCUT2D eigenvalue weighted by atomic mass is 35.5. The van der Waals surface area contributed by atoms with Gasteiger partial charge in [-0.05, 0) is 43.0 Å². The Morgan fingerprint density at radius 1 is 1.28 bits per heavy atom. The summed E-state index contributed by atoms with van der Waals surface area (Å²) in [7, 11) is 0. The standard InChI is InChI=1S/C23H29ClN4O3S/c1-3-20(29)25-13-18(14-7-5-6-8-14)28-23(31)17(26-21(30)4-2)12-22-27-16-10-9-15(24)11-19(16)32-22/h3,9-11,14,17-18H,1,4-8,12-13H2,2H3,(H,25,29)(H,26,30)(H,28,31)/t17-,18+/m0/s1. The maximum Gasteiger partial charge on any atom is 0.243 e. The quantitative estimate of drug-likeness (QED) is 0.458. The molecule has 3 N–H and O–H groups in total. The van der Waals surface area contributed by atoms with Gasteiger partial charge in [-0.3, -0.25) is 14.4 Å². The molecule has 3 rings (SSSR count). The highest BCUT2D eigenvalue weighted by molar-refractivity contribution is 7.18. The summed E-state index contributed by atoms with van der Waals surface area (Å²) in [4.78, 5) is 41.6. The van der Waals surface area contributed by atoms with Crippen molar-refractivity contribution in [1.82, 2.24) is 20.9 Å². The largest absolute Gasteiger partial charge is 0.351 e. The molecule has 0 spiro atoms. The SMILES string of the molecule is C=CC(=O)NC[C@@H](NC(=O)[C@H](Cc1nc2ccc(Cl)cc2s1)NC(=O)CC)C1CCCC1. The number of halogens is 1. The number of carbonyl (C=O) groups is 3. The fourth-order valence-electron chi connectivity index (χ4n) is 3.98. The fraction of sp³-hybridized carbons (Fsp3) is 0.478. The molecule has 3 amide bonds. The van der Waals surface area contributed by atoms with Gasteiger partial charge < -0.3 is 16.0 Å². The minimum absolute atomic E-state index is 0.202. The van der Waals surface area contributed by atoms with Gasteiger partial charge in [0.1, 0.15) is 6.04 Å². The Bertz CT molecular complexity index is 987. The Morgan fingerprint density at radius 2 is 2.03 bits per heavy atom. The number of benzene rings is 1. The van der Waals surface area contributed by atoms with Crippen molar-refractivity contribution in [2.75, 3.05) is 6.54 Å². The van der Waals surface area contributed by atoms with Gasteiger partial charge in [-0.25, -0.2) is 4.98 Å². The molecule has 1 heterocycles. The van der Waals surface area contributed by atoms with E-state index in [9.17, 15) is 14.4 Å². The van der Waals surface area contributed by atoms with Crippen LogP contribution in [0.1, 0.15) is 44.0 Å². The van der Waals surface area contributed by atoms with Crippen LogP contribution in [0.2, 0.25) is 5.02 Å². The number of hydrogen-bond acceptors (Lipinski definition) is 5. The van der Waals surface area contributed by atoms with Crippen molar-refractivity contribution in [2.24, 2.45) is 5.92 Å². The number of fused-ring (bicyclic) bond motifs is 1. The Balaban J connectivity index is 1.75. The molecule has 0 aliphatic heterocycles.